The van der Waals surface area contributed by atoms with Gasteiger partial charge in [-0.25, -0.2) is 0 Å². The Hall–Kier alpha value is -4.44. The monoisotopic (exact) mass is 485 g/mol. The maximum atomic E-state index is 13.5. The first-order valence-corrected chi connectivity index (χ1v) is 12.8. The predicted molar refractivity (Wildman–Crippen MR) is 151 cm³/mol. The van der Waals surface area contributed by atoms with E-state index in [9.17, 15) is 9.59 Å². The number of esters is 1. The zero-order valence-corrected chi connectivity index (χ0v) is 20.7. The summed E-state index contributed by atoms with van der Waals surface area (Å²) in [6.45, 7) is 2.93. The Kier molecular flexibility index (Phi) is 5.93. The Morgan fingerprint density at radius 2 is 1.54 bits per heavy atom. The highest BCUT2D eigenvalue weighted by Gasteiger charge is 2.14. The van der Waals surface area contributed by atoms with Crippen LogP contribution in [-0.2, 0) is 16.1 Å². The Balaban J connectivity index is 1.33. The molecule has 0 spiro atoms. The predicted octanol–water partition coefficient (Wildman–Crippen LogP) is 7.78. The number of benzene rings is 5. The Morgan fingerprint density at radius 1 is 0.811 bits per heavy atom. The van der Waals surface area contributed by atoms with Crippen LogP contribution >= 0.6 is 0 Å². The van der Waals surface area contributed by atoms with Crippen molar-refractivity contribution in [1.29, 1.82) is 0 Å². The Bertz CT molecular complexity index is 1790. The third-order valence-corrected chi connectivity index (χ3v) is 7.11. The zero-order valence-electron chi connectivity index (χ0n) is 20.7. The number of ether oxygens (including phenoxy) is 1. The molecular weight excluding hydrogens is 458 g/mol. The van der Waals surface area contributed by atoms with Crippen molar-refractivity contribution in [2.75, 3.05) is 6.61 Å². The first-order chi connectivity index (χ1) is 18.1. The molecule has 1 heterocycles. The highest BCUT2D eigenvalue weighted by molar-refractivity contribution is 6.27. The fourth-order valence-corrected chi connectivity index (χ4v) is 5.43. The van der Waals surface area contributed by atoms with E-state index in [0.29, 0.717) is 31.6 Å². The normalized spacial score (nSPS) is 11.9. The number of ketones is 1. The van der Waals surface area contributed by atoms with Gasteiger partial charge in [0.15, 0.2) is 5.78 Å². The van der Waals surface area contributed by atoms with Crippen LogP contribution in [0.5, 0.6) is 0 Å². The minimum Gasteiger partial charge on any atom is -0.466 e. The van der Waals surface area contributed by atoms with E-state index in [1.807, 2.05) is 37.3 Å². The molecule has 0 bridgehead atoms. The van der Waals surface area contributed by atoms with Crippen LogP contribution in [0.3, 0.4) is 0 Å². The number of para-hydroxylation sites is 1. The van der Waals surface area contributed by atoms with E-state index < -0.39 is 0 Å². The number of hydrogen-bond acceptors (Lipinski definition) is 3. The van der Waals surface area contributed by atoms with E-state index in [4.69, 9.17) is 4.74 Å². The lowest BCUT2D eigenvalue weighted by molar-refractivity contribution is -0.143. The summed E-state index contributed by atoms with van der Waals surface area (Å²) in [6.07, 6.45) is 6.73. The number of carbonyl (C=O) groups excluding carboxylic acids is 2. The highest BCUT2D eigenvalue weighted by Crippen LogP contribution is 2.36. The summed E-state index contributed by atoms with van der Waals surface area (Å²) in [7, 11) is 0. The Labute approximate surface area is 215 Å². The van der Waals surface area contributed by atoms with Gasteiger partial charge < -0.3 is 9.30 Å². The summed E-state index contributed by atoms with van der Waals surface area (Å²) in [6, 6.07) is 26.9. The molecule has 5 aromatic carbocycles. The van der Waals surface area contributed by atoms with Crippen molar-refractivity contribution >= 4 is 61.0 Å². The number of carbonyl (C=O) groups is 2. The number of aromatic nitrogens is 1. The van der Waals surface area contributed by atoms with Crippen LogP contribution in [-0.4, -0.2) is 22.9 Å². The van der Waals surface area contributed by atoms with Gasteiger partial charge in [-0.3, -0.25) is 9.59 Å². The third-order valence-electron chi connectivity index (χ3n) is 7.11. The smallest absolute Gasteiger partial charge is 0.305 e. The summed E-state index contributed by atoms with van der Waals surface area (Å²) in [4.78, 5) is 25.2. The van der Waals surface area contributed by atoms with E-state index in [1.165, 1.54) is 16.2 Å². The zero-order chi connectivity index (χ0) is 25.4. The summed E-state index contributed by atoms with van der Waals surface area (Å²) in [5.41, 5.74) is 2.78. The molecule has 0 aliphatic heterocycles. The summed E-state index contributed by atoms with van der Waals surface area (Å²) >= 11 is 0. The van der Waals surface area contributed by atoms with Gasteiger partial charge in [0.05, 0.1) is 6.61 Å². The van der Waals surface area contributed by atoms with Gasteiger partial charge in [-0.2, -0.15) is 0 Å². The van der Waals surface area contributed by atoms with Crippen LogP contribution < -0.4 is 0 Å². The number of aryl methyl sites for hydroxylation is 1. The fraction of sp³-hybridized carbons (Fsp3) is 0.152. The molecule has 0 saturated carbocycles. The summed E-state index contributed by atoms with van der Waals surface area (Å²) in [5, 5.41) is 7.94. The van der Waals surface area contributed by atoms with Gasteiger partial charge in [0, 0.05) is 41.2 Å². The SMILES string of the molecule is CCOC(=O)CCCn1cc(/C=C/C(=O)c2ccc3ccc4cccc5ccc2c3c45)c2ccccc21. The first-order valence-electron chi connectivity index (χ1n) is 12.8. The molecule has 0 amide bonds. The molecule has 182 valence electrons. The van der Waals surface area contributed by atoms with Gasteiger partial charge in [-0.15, -0.1) is 0 Å². The van der Waals surface area contributed by atoms with Gasteiger partial charge >= 0.3 is 5.97 Å². The van der Waals surface area contributed by atoms with Crippen LogP contribution in [0.2, 0.25) is 0 Å². The van der Waals surface area contributed by atoms with Gasteiger partial charge in [0.2, 0.25) is 0 Å². The lowest BCUT2D eigenvalue weighted by atomic mass is 9.91. The molecule has 0 N–H and O–H groups in total. The first kappa shape index (κ1) is 23.0. The number of hydrogen-bond donors (Lipinski definition) is 0. The van der Waals surface area contributed by atoms with Gasteiger partial charge in [0.25, 0.3) is 0 Å². The van der Waals surface area contributed by atoms with Crippen molar-refractivity contribution in [1.82, 2.24) is 4.57 Å². The average Bonchev–Trinajstić information content (AvgIpc) is 3.28. The molecule has 6 rings (SSSR count). The topological polar surface area (TPSA) is 48.3 Å². The molecule has 0 atom stereocenters. The number of allylic oxidation sites excluding steroid dienone is 1. The van der Waals surface area contributed by atoms with Crippen LogP contribution in [0.4, 0.5) is 0 Å². The molecule has 6 aromatic rings. The maximum absolute atomic E-state index is 13.5. The lowest BCUT2D eigenvalue weighted by Crippen LogP contribution is -2.05. The van der Waals surface area contributed by atoms with Crippen LogP contribution in [0.25, 0.3) is 49.3 Å². The molecule has 0 fully saturated rings. The largest absolute Gasteiger partial charge is 0.466 e. The van der Waals surface area contributed by atoms with E-state index in [-0.39, 0.29) is 11.8 Å². The van der Waals surface area contributed by atoms with Crippen molar-refractivity contribution in [3.05, 3.63) is 102 Å². The van der Waals surface area contributed by atoms with Crippen LogP contribution in [0, 0.1) is 0 Å². The van der Waals surface area contributed by atoms with Crippen molar-refractivity contribution < 1.29 is 14.3 Å². The molecule has 0 saturated heterocycles. The van der Waals surface area contributed by atoms with Crippen molar-refractivity contribution in [3.63, 3.8) is 0 Å². The van der Waals surface area contributed by atoms with E-state index >= 15 is 0 Å². The van der Waals surface area contributed by atoms with E-state index in [2.05, 4.69) is 65.4 Å². The quantitative estimate of drug-likeness (QED) is 0.0957. The van der Waals surface area contributed by atoms with E-state index in [0.717, 1.165) is 32.6 Å². The maximum Gasteiger partial charge on any atom is 0.305 e. The standard InChI is InChI=1S/C33H27NO3/c1-2-37-31(36)11-6-20-34-21-25(26-9-3-4-10-29(26)34)16-19-30(35)27-17-14-24-13-12-22-7-5-8-23-15-18-28(27)33(24)32(22)23/h3-5,7-10,12-19,21H,2,6,11,20H2,1H3/b19-16+. The van der Waals surface area contributed by atoms with Crippen molar-refractivity contribution in [2.45, 2.75) is 26.3 Å². The highest BCUT2D eigenvalue weighted by atomic mass is 16.5. The molecule has 0 radical (unpaired) electrons. The van der Waals surface area contributed by atoms with Crippen LogP contribution in [0.15, 0.2) is 91.1 Å². The Morgan fingerprint density at radius 3 is 2.35 bits per heavy atom. The van der Waals surface area contributed by atoms with Crippen molar-refractivity contribution in [2.24, 2.45) is 0 Å². The second-order valence-corrected chi connectivity index (χ2v) is 9.37. The van der Waals surface area contributed by atoms with Gasteiger partial charge in [0.1, 0.15) is 0 Å². The number of rotatable bonds is 8. The van der Waals surface area contributed by atoms with Gasteiger partial charge in [-0.1, -0.05) is 66.7 Å². The molecule has 1 aromatic heterocycles. The molecule has 37 heavy (non-hydrogen) atoms. The number of nitrogens with zero attached hydrogens (tertiary/aromatic N) is 1. The number of fused-ring (bicyclic) bond motifs is 1. The molecule has 4 nitrogen and oxygen atoms in total. The fourth-order valence-electron chi connectivity index (χ4n) is 5.43. The summed E-state index contributed by atoms with van der Waals surface area (Å²) in [5.74, 6) is -0.185. The molecule has 4 heteroatoms. The second kappa shape index (κ2) is 9.55. The minimum absolute atomic E-state index is 0.0166. The lowest BCUT2D eigenvalue weighted by Gasteiger charge is -2.12. The van der Waals surface area contributed by atoms with Gasteiger partial charge in [-0.05, 0) is 69.9 Å². The molecule has 0 aliphatic carbocycles. The summed E-state index contributed by atoms with van der Waals surface area (Å²) < 4.78 is 7.20. The van der Waals surface area contributed by atoms with E-state index in [1.54, 1.807) is 6.08 Å². The second-order valence-electron chi connectivity index (χ2n) is 9.37. The molecule has 0 aliphatic rings. The molecule has 0 unspecified atom stereocenters. The van der Waals surface area contributed by atoms with Crippen LogP contribution in [0.1, 0.15) is 35.7 Å². The average molecular weight is 486 g/mol. The minimum atomic E-state index is -0.169. The van der Waals surface area contributed by atoms with Crippen molar-refractivity contribution in [3.8, 4) is 0 Å². The third kappa shape index (κ3) is 4.15. The molecular formula is C33H27NO3.